The maximum absolute atomic E-state index is 11.0. The van der Waals surface area contributed by atoms with Crippen LogP contribution in [0.5, 0.6) is 11.5 Å². The van der Waals surface area contributed by atoms with E-state index in [1.165, 1.54) is 18.3 Å². The van der Waals surface area contributed by atoms with E-state index in [4.69, 9.17) is 14.6 Å². The van der Waals surface area contributed by atoms with Gasteiger partial charge in [-0.2, -0.15) is 0 Å². The van der Waals surface area contributed by atoms with Crippen LogP contribution in [0.3, 0.4) is 0 Å². The molecule has 0 atom stereocenters. The van der Waals surface area contributed by atoms with Crippen LogP contribution >= 0.6 is 0 Å². The number of carboxylic acid groups (broad SMARTS) is 1. The van der Waals surface area contributed by atoms with Gasteiger partial charge in [-0.3, -0.25) is 4.98 Å². The predicted molar refractivity (Wildman–Crippen MR) is 102 cm³/mol. The Hall–Kier alpha value is -3.87. The molecule has 2 aromatic carbocycles. The Labute approximate surface area is 161 Å². The fourth-order valence-electron chi connectivity index (χ4n) is 2.40. The minimum atomic E-state index is -1.09. The van der Waals surface area contributed by atoms with Gasteiger partial charge in [0.25, 0.3) is 0 Å². The normalized spacial score (nSPS) is 11.1. The molecule has 0 radical (unpaired) electrons. The fraction of sp³-hybridized carbons (Fsp3) is 0.0952. The Morgan fingerprint density at radius 3 is 2.29 bits per heavy atom. The van der Waals surface area contributed by atoms with Crippen molar-refractivity contribution in [3.8, 4) is 11.5 Å². The van der Waals surface area contributed by atoms with E-state index >= 15 is 0 Å². The number of nitrogens with zero attached hydrogens (tertiary/aromatic N) is 2. The summed E-state index contributed by atoms with van der Waals surface area (Å²) in [6.45, 7) is 0.394. The van der Waals surface area contributed by atoms with Crippen molar-refractivity contribution in [2.75, 3.05) is 6.61 Å². The molecule has 1 heterocycles. The molecule has 0 aliphatic carbocycles. The standard InChI is InChI=1S/C21H18N2O5/c24-21(25)16-10-11-22-19(12-16)20(23-26)14-28-18-8-6-17(7-9-18)27-13-15-4-2-1-3-5-15/h1-12,26H,13-14H2,(H,24,25)/b23-20+. The van der Waals surface area contributed by atoms with Crippen LogP contribution in [0.1, 0.15) is 21.6 Å². The highest BCUT2D eigenvalue weighted by Gasteiger charge is 2.11. The summed E-state index contributed by atoms with van der Waals surface area (Å²) in [5.74, 6) is 0.152. The number of benzene rings is 2. The van der Waals surface area contributed by atoms with Crippen LogP contribution in [-0.4, -0.2) is 33.6 Å². The highest BCUT2D eigenvalue weighted by molar-refractivity contribution is 6.01. The molecule has 0 saturated carbocycles. The van der Waals surface area contributed by atoms with E-state index in [-0.39, 0.29) is 23.6 Å². The van der Waals surface area contributed by atoms with Crippen molar-refractivity contribution < 1.29 is 24.6 Å². The van der Waals surface area contributed by atoms with Crippen LogP contribution in [0.4, 0.5) is 0 Å². The number of aromatic nitrogens is 1. The molecule has 3 rings (SSSR count). The van der Waals surface area contributed by atoms with Crippen LogP contribution in [0.15, 0.2) is 78.1 Å². The molecule has 7 heteroatoms. The third-order valence-corrected chi connectivity index (χ3v) is 3.87. The number of pyridine rings is 1. The minimum Gasteiger partial charge on any atom is -0.489 e. The molecule has 1 aromatic heterocycles. The number of rotatable bonds is 8. The second-order valence-corrected chi connectivity index (χ2v) is 5.82. The maximum atomic E-state index is 11.0. The first-order valence-corrected chi connectivity index (χ1v) is 8.46. The van der Waals surface area contributed by atoms with Gasteiger partial charge in [0.05, 0.1) is 11.3 Å². The summed E-state index contributed by atoms with van der Waals surface area (Å²) in [7, 11) is 0. The zero-order valence-electron chi connectivity index (χ0n) is 14.9. The monoisotopic (exact) mass is 378 g/mol. The zero-order valence-corrected chi connectivity index (χ0v) is 14.9. The number of hydrogen-bond donors (Lipinski definition) is 2. The van der Waals surface area contributed by atoms with E-state index in [0.29, 0.717) is 18.1 Å². The topological polar surface area (TPSA) is 101 Å². The molecule has 142 valence electrons. The molecule has 28 heavy (non-hydrogen) atoms. The molecule has 0 saturated heterocycles. The van der Waals surface area contributed by atoms with E-state index in [2.05, 4.69) is 10.1 Å². The molecule has 7 nitrogen and oxygen atoms in total. The largest absolute Gasteiger partial charge is 0.489 e. The van der Waals surface area contributed by atoms with Gasteiger partial charge in [0.1, 0.15) is 30.4 Å². The second kappa shape index (κ2) is 9.18. The van der Waals surface area contributed by atoms with E-state index in [0.717, 1.165) is 5.56 Å². The van der Waals surface area contributed by atoms with Crippen molar-refractivity contribution in [3.63, 3.8) is 0 Å². The van der Waals surface area contributed by atoms with Crippen LogP contribution in [-0.2, 0) is 6.61 Å². The highest BCUT2D eigenvalue weighted by atomic mass is 16.5. The van der Waals surface area contributed by atoms with Crippen LogP contribution < -0.4 is 9.47 Å². The van der Waals surface area contributed by atoms with Crippen molar-refractivity contribution in [2.24, 2.45) is 5.16 Å². The molecule has 0 amide bonds. The molecule has 0 unspecified atom stereocenters. The average molecular weight is 378 g/mol. The Morgan fingerprint density at radius 1 is 0.964 bits per heavy atom. The fourth-order valence-corrected chi connectivity index (χ4v) is 2.40. The molecule has 0 aliphatic heterocycles. The zero-order chi connectivity index (χ0) is 19.8. The Bertz CT molecular complexity index is 956. The van der Waals surface area contributed by atoms with Gasteiger partial charge in [-0.1, -0.05) is 35.5 Å². The lowest BCUT2D eigenvalue weighted by molar-refractivity contribution is 0.0696. The first-order valence-electron chi connectivity index (χ1n) is 8.46. The lowest BCUT2D eigenvalue weighted by Crippen LogP contribution is -2.15. The Morgan fingerprint density at radius 2 is 1.64 bits per heavy atom. The Kier molecular flexibility index (Phi) is 6.20. The van der Waals surface area contributed by atoms with Gasteiger partial charge in [-0.05, 0) is 42.0 Å². The lowest BCUT2D eigenvalue weighted by Gasteiger charge is -2.10. The van der Waals surface area contributed by atoms with Gasteiger partial charge in [-0.15, -0.1) is 0 Å². The van der Waals surface area contributed by atoms with Crippen molar-refractivity contribution in [1.29, 1.82) is 0 Å². The van der Waals surface area contributed by atoms with Crippen LogP contribution in [0.25, 0.3) is 0 Å². The molecule has 2 N–H and O–H groups in total. The van der Waals surface area contributed by atoms with Gasteiger partial charge in [0.15, 0.2) is 0 Å². The lowest BCUT2D eigenvalue weighted by atomic mass is 10.2. The minimum absolute atomic E-state index is 0.0473. The summed E-state index contributed by atoms with van der Waals surface area (Å²) < 4.78 is 11.3. The Balaban J connectivity index is 1.57. The second-order valence-electron chi connectivity index (χ2n) is 5.82. The smallest absolute Gasteiger partial charge is 0.335 e. The number of carboxylic acids is 1. The van der Waals surface area contributed by atoms with Gasteiger partial charge in [0, 0.05) is 6.20 Å². The number of hydrogen-bond acceptors (Lipinski definition) is 6. The van der Waals surface area contributed by atoms with Gasteiger partial charge in [0.2, 0.25) is 0 Å². The van der Waals surface area contributed by atoms with E-state index in [1.807, 2.05) is 30.3 Å². The summed E-state index contributed by atoms with van der Waals surface area (Å²) in [6.07, 6.45) is 1.34. The molecular formula is C21H18N2O5. The summed E-state index contributed by atoms with van der Waals surface area (Å²) >= 11 is 0. The maximum Gasteiger partial charge on any atom is 0.335 e. The summed E-state index contributed by atoms with van der Waals surface area (Å²) in [5.41, 5.74) is 1.46. The third-order valence-electron chi connectivity index (χ3n) is 3.87. The van der Waals surface area contributed by atoms with Crippen molar-refractivity contribution in [3.05, 3.63) is 89.7 Å². The van der Waals surface area contributed by atoms with Gasteiger partial charge < -0.3 is 19.8 Å². The summed E-state index contributed by atoms with van der Waals surface area (Å²) in [5, 5.41) is 21.4. The van der Waals surface area contributed by atoms with Crippen molar-refractivity contribution in [1.82, 2.24) is 4.98 Å². The van der Waals surface area contributed by atoms with E-state index in [1.54, 1.807) is 24.3 Å². The molecular weight excluding hydrogens is 360 g/mol. The average Bonchev–Trinajstić information content (AvgIpc) is 2.74. The summed E-state index contributed by atoms with van der Waals surface area (Å²) in [6, 6.07) is 19.5. The predicted octanol–water partition coefficient (Wildman–Crippen LogP) is 3.62. The number of oxime groups is 1. The van der Waals surface area contributed by atoms with Gasteiger partial charge >= 0.3 is 5.97 Å². The van der Waals surface area contributed by atoms with Gasteiger partial charge in [-0.25, -0.2) is 4.79 Å². The number of ether oxygens (including phenoxy) is 2. The first-order chi connectivity index (χ1) is 13.7. The van der Waals surface area contributed by atoms with E-state index in [9.17, 15) is 10.0 Å². The molecule has 0 bridgehead atoms. The van der Waals surface area contributed by atoms with Crippen LogP contribution in [0.2, 0.25) is 0 Å². The van der Waals surface area contributed by atoms with Crippen molar-refractivity contribution >= 4 is 11.7 Å². The third kappa shape index (κ3) is 5.07. The highest BCUT2D eigenvalue weighted by Crippen LogP contribution is 2.19. The molecule has 0 aliphatic rings. The summed E-state index contributed by atoms with van der Waals surface area (Å²) in [4.78, 5) is 15.1. The van der Waals surface area contributed by atoms with Crippen molar-refractivity contribution in [2.45, 2.75) is 6.61 Å². The SMILES string of the molecule is O=C(O)c1ccnc(/C(COc2ccc(OCc3ccccc3)cc2)=N/O)c1. The molecule has 0 fully saturated rings. The number of carbonyl (C=O) groups is 1. The molecule has 3 aromatic rings. The quantitative estimate of drug-likeness (QED) is 0.353. The number of aromatic carboxylic acids is 1. The van der Waals surface area contributed by atoms with Crippen LogP contribution in [0, 0.1) is 0 Å². The molecule has 0 spiro atoms. The first kappa shape index (κ1) is 18.9. The van der Waals surface area contributed by atoms with E-state index < -0.39 is 5.97 Å².